The molecule has 1 amide bonds. The molecule has 0 radical (unpaired) electrons. The molecule has 2 aromatic rings. The van der Waals surface area contributed by atoms with Crippen molar-refractivity contribution in [1.82, 2.24) is 20.2 Å². The number of nitrogens with zero attached hydrogens (tertiary/aromatic N) is 4. The van der Waals surface area contributed by atoms with Crippen molar-refractivity contribution in [3.63, 3.8) is 0 Å². The number of aromatic nitrogens is 2. The highest BCUT2D eigenvalue weighted by Gasteiger charge is 2.54. The van der Waals surface area contributed by atoms with E-state index in [0.717, 1.165) is 44.3 Å². The number of likely N-dealkylation sites (tertiary alicyclic amines) is 1. The number of hydrogen-bond acceptors (Lipinski definition) is 7. The van der Waals surface area contributed by atoms with Crippen molar-refractivity contribution in [2.75, 3.05) is 37.0 Å². The summed E-state index contributed by atoms with van der Waals surface area (Å²) < 4.78 is 20.3. The molecule has 0 bridgehead atoms. The van der Waals surface area contributed by atoms with Gasteiger partial charge in [0.15, 0.2) is 0 Å². The molecule has 3 fully saturated rings. The molecule has 1 saturated carbocycles. The molecule has 8 nitrogen and oxygen atoms in total. The van der Waals surface area contributed by atoms with Crippen LogP contribution in [0.1, 0.15) is 56.7 Å². The first kappa shape index (κ1) is 23.9. The monoisotopic (exact) mass is 482 g/mol. The summed E-state index contributed by atoms with van der Waals surface area (Å²) in [6.07, 6.45) is 5.62. The highest BCUT2D eigenvalue weighted by molar-refractivity contribution is 5.90. The average Bonchev–Trinajstić information content (AvgIpc) is 3.67. The van der Waals surface area contributed by atoms with Crippen molar-refractivity contribution in [2.45, 2.75) is 63.7 Å². The van der Waals surface area contributed by atoms with E-state index in [1.807, 2.05) is 26.1 Å². The zero-order chi connectivity index (χ0) is 24.6. The number of ether oxygens (including phenoxy) is 1. The van der Waals surface area contributed by atoms with Crippen LogP contribution in [0, 0.1) is 11.7 Å². The molecule has 2 aliphatic heterocycles. The summed E-state index contributed by atoms with van der Waals surface area (Å²) in [5.41, 5.74) is 1.15. The van der Waals surface area contributed by atoms with E-state index in [-0.39, 0.29) is 23.5 Å². The van der Waals surface area contributed by atoms with Crippen LogP contribution in [0.4, 0.5) is 21.0 Å². The molecule has 2 atom stereocenters. The van der Waals surface area contributed by atoms with Crippen LogP contribution in [-0.4, -0.2) is 59.3 Å². The fraction of sp³-hybridized carbons (Fsp3) is 0.577. The number of halogens is 1. The van der Waals surface area contributed by atoms with Crippen LogP contribution >= 0.6 is 0 Å². The molecule has 9 heteroatoms. The standard InChI is InChI=1S/C26H35FN6O2/c1-17(18-4-5-19(22(27)14-18)15-32-12-9-21(28-3)10-13-32)30-24-29-11-8-23(31-24)33-25(34)35-16-26(33,2)20-6-7-20/h4-5,8,11,14,17,20-21,28H,6-7,9-10,12-13,15-16H2,1-3H3,(H,29,30,31)/t17-,26?/m0/s1. The molecule has 35 heavy (non-hydrogen) atoms. The van der Waals surface area contributed by atoms with Crippen molar-refractivity contribution >= 4 is 17.9 Å². The maximum Gasteiger partial charge on any atom is 0.416 e. The quantitative estimate of drug-likeness (QED) is 0.586. The van der Waals surface area contributed by atoms with Gasteiger partial charge in [0.2, 0.25) is 5.95 Å². The Morgan fingerprint density at radius 1 is 1.23 bits per heavy atom. The van der Waals surface area contributed by atoms with E-state index in [0.29, 0.717) is 42.4 Å². The number of benzene rings is 1. The Balaban J connectivity index is 1.25. The lowest BCUT2D eigenvalue weighted by molar-refractivity contribution is 0.172. The maximum absolute atomic E-state index is 15.0. The van der Waals surface area contributed by atoms with Crippen LogP contribution in [0.25, 0.3) is 0 Å². The number of cyclic esters (lactones) is 1. The number of amides is 1. The van der Waals surface area contributed by atoms with Gasteiger partial charge in [-0.3, -0.25) is 9.80 Å². The number of nitrogens with one attached hydrogen (secondary N) is 2. The molecule has 3 aliphatic rings. The van der Waals surface area contributed by atoms with Gasteiger partial charge in [-0.1, -0.05) is 12.1 Å². The summed E-state index contributed by atoms with van der Waals surface area (Å²) in [5, 5.41) is 6.59. The fourth-order valence-corrected chi connectivity index (χ4v) is 5.31. The molecule has 1 aromatic carbocycles. The van der Waals surface area contributed by atoms with E-state index in [1.165, 1.54) is 0 Å². The number of piperidine rings is 1. The first-order valence-electron chi connectivity index (χ1n) is 12.6. The van der Waals surface area contributed by atoms with Crippen LogP contribution in [0.5, 0.6) is 0 Å². The van der Waals surface area contributed by atoms with Crippen LogP contribution in [-0.2, 0) is 11.3 Å². The van der Waals surface area contributed by atoms with Crippen LogP contribution < -0.4 is 15.5 Å². The first-order valence-corrected chi connectivity index (χ1v) is 12.6. The summed E-state index contributed by atoms with van der Waals surface area (Å²) in [4.78, 5) is 25.4. The molecule has 0 spiro atoms. The van der Waals surface area contributed by atoms with Crippen LogP contribution in [0.3, 0.4) is 0 Å². The van der Waals surface area contributed by atoms with Crippen LogP contribution in [0.2, 0.25) is 0 Å². The Hall–Kier alpha value is -2.78. The van der Waals surface area contributed by atoms with Crippen molar-refractivity contribution in [2.24, 2.45) is 5.92 Å². The van der Waals surface area contributed by atoms with Gasteiger partial charge in [0, 0.05) is 24.3 Å². The van der Waals surface area contributed by atoms with Crippen molar-refractivity contribution in [1.29, 1.82) is 0 Å². The highest BCUT2D eigenvalue weighted by atomic mass is 19.1. The predicted octanol–water partition coefficient (Wildman–Crippen LogP) is 4.10. The summed E-state index contributed by atoms with van der Waals surface area (Å²) >= 11 is 0. The summed E-state index contributed by atoms with van der Waals surface area (Å²) in [6, 6.07) is 7.52. The van der Waals surface area contributed by atoms with Crippen molar-refractivity contribution in [3.05, 3.63) is 47.4 Å². The second-order valence-corrected chi connectivity index (χ2v) is 10.3. The molecule has 2 N–H and O–H groups in total. The van der Waals surface area contributed by atoms with Gasteiger partial charge >= 0.3 is 6.09 Å². The molecule has 188 valence electrons. The smallest absolute Gasteiger partial charge is 0.416 e. The lowest BCUT2D eigenvalue weighted by atomic mass is 9.96. The zero-order valence-electron chi connectivity index (χ0n) is 20.8. The molecule has 1 unspecified atom stereocenters. The highest BCUT2D eigenvalue weighted by Crippen LogP contribution is 2.47. The largest absolute Gasteiger partial charge is 0.447 e. The number of hydrogen-bond donors (Lipinski definition) is 2. The number of anilines is 2. The number of carbonyl (C=O) groups is 1. The fourth-order valence-electron chi connectivity index (χ4n) is 5.31. The Kier molecular flexibility index (Phi) is 6.63. The first-order chi connectivity index (χ1) is 16.9. The van der Waals surface area contributed by atoms with E-state index in [9.17, 15) is 9.18 Å². The molecule has 3 heterocycles. The number of carbonyl (C=O) groups excluding carboxylic acids is 1. The minimum Gasteiger partial charge on any atom is -0.447 e. The second-order valence-electron chi connectivity index (χ2n) is 10.3. The summed E-state index contributed by atoms with van der Waals surface area (Å²) in [7, 11) is 2.00. The van der Waals surface area contributed by atoms with E-state index in [2.05, 4.69) is 32.4 Å². The van der Waals surface area contributed by atoms with Gasteiger partial charge in [-0.05, 0) is 83.3 Å². The third-order valence-corrected chi connectivity index (χ3v) is 7.82. The third-order valence-electron chi connectivity index (χ3n) is 7.82. The van der Waals surface area contributed by atoms with E-state index < -0.39 is 0 Å². The molecule has 1 aromatic heterocycles. The predicted molar refractivity (Wildman–Crippen MR) is 133 cm³/mol. The van der Waals surface area contributed by atoms with Gasteiger partial charge in [0.25, 0.3) is 0 Å². The molecule has 5 rings (SSSR count). The van der Waals surface area contributed by atoms with Crippen molar-refractivity contribution in [3.8, 4) is 0 Å². The van der Waals surface area contributed by atoms with Crippen LogP contribution in [0.15, 0.2) is 30.5 Å². The number of rotatable bonds is 8. The zero-order valence-corrected chi connectivity index (χ0v) is 20.8. The lowest BCUT2D eigenvalue weighted by Crippen LogP contribution is -2.47. The minimum absolute atomic E-state index is 0.193. The van der Waals surface area contributed by atoms with Crippen molar-refractivity contribution < 1.29 is 13.9 Å². The average molecular weight is 483 g/mol. The second kappa shape index (κ2) is 9.70. The molecule has 2 saturated heterocycles. The topological polar surface area (TPSA) is 82.6 Å². The Morgan fingerprint density at radius 2 is 2.00 bits per heavy atom. The van der Waals surface area contributed by atoms with Gasteiger partial charge < -0.3 is 15.4 Å². The molecular formula is C26H35FN6O2. The maximum atomic E-state index is 15.0. The van der Waals surface area contributed by atoms with Gasteiger partial charge in [-0.15, -0.1) is 0 Å². The summed E-state index contributed by atoms with van der Waals surface area (Å²) in [5.74, 6) is 1.15. The molecular weight excluding hydrogens is 447 g/mol. The SMILES string of the molecule is CNC1CCN(Cc2ccc([C@H](C)Nc3nccc(N4C(=O)OCC4(C)C4CC4)n3)cc2F)CC1. The van der Waals surface area contributed by atoms with E-state index in [1.54, 1.807) is 23.2 Å². The lowest BCUT2D eigenvalue weighted by Gasteiger charge is -2.32. The van der Waals surface area contributed by atoms with Gasteiger partial charge in [0.1, 0.15) is 18.2 Å². The molecule has 1 aliphatic carbocycles. The van der Waals surface area contributed by atoms with Gasteiger partial charge in [0.05, 0.1) is 11.6 Å². The Morgan fingerprint density at radius 3 is 2.69 bits per heavy atom. The normalized spacial score (nSPS) is 24.5. The van der Waals surface area contributed by atoms with Gasteiger partial charge in [-0.25, -0.2) is 14.2 Å². The third kappa shape index (κ3) is 4.97. The van der Waals surface area contributed by atoms with E-state index in [4.69, 9.17) is 4.74 Å². The van der Waals surface area contributed by atoms with E-state index >= 15 is 0 Å². The Labute approximate surface area is 206 Å². The summed E-state index contributed by atoms with van der Waals surface area (Å²) in [6.45, 7) is 6.96. The van der Waals surface area contributed by atoms with Gasteiger partial charge in [-0.2, -0.15) is 4.98 Å². The minimum atomic E-state index is -0.379. The Bertz CT molecular complexity index is 1070.